The van der Waals surface area contributed by atoms with Gasteiger partial charge in [0.15, 0.2) is 0 Å². The summed E-state index contributed by atoms with van der Waals surface area (Å²) in [7, 11) is 1.40. The van der Waals surface area contributed by atoms with Crippen molar-refractivity contribution in [3.05, 3.63) is 34.8 Å². The Morgan fingerprint density at radius 3 is 2.89 bits per heavy atom. The molecule has 1 aliphatic heterocycles. The second-order valence-electron chi connectivity index (χ2n) is 4.40. The van der Waals surface area contributed by atoms with E-state index in [2.05, 4.69) is 10.3 Å². The van der Waals surface area contributed by atoms with Crippen LogP contribution in [-0.2, 0) is 9.53 Å². The monoisotopic (exact) mass is 242 g/mol. The summed E-state index contributed by atoms with van der Waals surface area (Å²) in [6, 6.07) is 7.65. The molecule has 92 valence electrons. The van der Waals surface area contributed by atoms with Crippen LogP contribution < -0.4 is 15.9 Å². The van der Waals surface area contributed by atoms with Crippen LogP contribution in [0.1, 0.15) is 6.92 Å². The molecule has 2 aromatic rings. The van der Waals surface area contributed by atoms with Gasteiger partial charge in [-0.2, -0.15) is 0 Å². The molecule has 2 heterocycles. The van der Waals surface area contributed by atoms with Crippen molar-refractivity contribution in [2.24, 2.45) is 0 Å². The zero-order chi connectivity index (χ0) is 12.7. The van der Waals surface area contributed by atoms with Gasteiger partial charge in [0.1, 0.15) is 6.04 Å². The number of H-pyrrole nitrogens is 1. The quantitative estimate of drug-likeness (QED) is 0.703. The molecular weight excluding hydrogens is 228 g/mol. The van der Waals surface area contributed by atoms with E-state index in [1.165, 1.54) is 7.11 Å². The highest BCUT2D eigenvalue weighted by Gasteiger charge is 2.20. The van der Waals surface area contributed by atoms with Crippen molar-refractivity contribution in [3.8, 4) is 0 Å². The topological polar surface area (TPSA) is 54.1 Å². The second-order valence-corrected chi connectivity index (χ2v) is 4.40. The Kier molecular flexibility index (Phi) is 2.37. The molecule has 0 fully saturated rings. The van der Waals surface area contributed by atoms with Crippen LogP contribution in [0.4, 0.5) is 0 Å². The summed E-state index contributed by atoms with van der Waals surface area (Å²) in [6.07, 6.45) is 1.91. The molecular formula is C14H14N2O2. The van der Waals surface area contributed by atoms with E-state index in [0.717, 1.165) is 27.2 Å². The van der Waals surface area contributed by atoms with Gasteiger partial charge < -0.3 is 15.0 Å². The van der Waals surface area contributed by atoms with Crippen LogP contribution in [-0.4, -0.2) is 24.1 Å². The maximum absolute atomic E-state index is 11.6. The smallest absolute Gasteiger partial charge is 0.332 e. The highest BCUT2D eigenvalue weighted by atomic mass is 16.5. The van der Waals surface area contributed by atoms with Crippen LogP contribution in [0.2, 0.25) is 0 Å². The number of hydrogen-bond donors (Lipinski definition) is 2. The number of aromatic nitrogens is 1. The van der Waals surface area contributed by atoms with Gasteiger partial charge in [-0.05, 0) is 19.1 Å². The molecule has 1 aromatic carbocycles. The van der Waals surface area contributed by atoms with Crippen LogP contribution in [0.3, 0.4) is 0 Å². The fraction of sp³-hybridized carbons (Fsp3) is 0.214. The zero-order valence-electron chi connectivity index (χ0n) is 10.3. The summed E-state index contributed by atoms with van der Waals surface area (Å²) in [5.41, 5.74) is 2.03. The predicted molar refractivity (Wildman–Crippen MR) is 70.0 cm³/mol. The largest absolute Gasteiger partial charge is 0.467 e. The Labute approximate surface area is 104 Å². The van der Waals surface area contributed by atoms with Gasteiger partial charge in [-0.1, -0.05) is 18.2 Å². The van der Waals surface area contributed by atoms with Crippen molar-refractivity contribution in [2.45, 2.75) is 13.0 Å². The van der Waals surface area contributed by atoms with Gasteiger partial charge in [-0.15, -0.1) is 0 Å². The molecule has 1 atom stereocenters. The number of benzene rings is 1. The van der Waals surface area contributed by atoms with Gasteiger partial charge in [0.2, 0.25) is 0 Å². The van der Waals surface area contributed by atoms with E-state index in [1.807, 2.05) is 37.3 Å². The zero-order valence-corrected chi connectivity index (χ0v) is 10.3. The van der Waals surface area contributed by atoms with E-state index in [0.29, 0.717) is 0 Å². The molecule has 2 N–H and O–H groups in total. The lowest BCUT2D eigenvalue weighted by Crippen LogP contribution is -2.45. The van der Waals surface area contributed by atoms with E-state index in [-0.39, 0.29) is 5.97 Å². The number of ether oxygens (including phenoxy) is 1. The summed E-state index contributed by atoms with van der Waals surface area (Å²) in [5, 5.41) is 6.37. The first-order valence-electron chi connectivity index (χ1n) is 5.84. The minimum Gasteiger partial charge on any atom is -0.467 e. The van der Waals surface area contributed by atoms with Crippen LogP contribution in [0.15, 0.2) is 24.3 Å². The summed E-state index contributed by atoms with van der Waals surface area (Å²) in [4.78, 5) is 15.0. The molecule has 0 spiro atoms. The molecule has 4 nitrogen and oxygen atoms in total. The maximum Gasteiger partial charge on any atom is 0.332 e. The van der Waals surface area contributed by atoms with E-state index in [1.54, 1.807) is 0 Å². The summed E-state index contributed by atoms with van der Waals surface area (Å²) in [6.45, 7) is 1.96. The predicted octanol–water partition coefficient (Wildman–Crippen LogP) is 0.221. The van der Waals surface area contributed by atoms with Crippen LogP contribution >= 0.6 is 0 Å². The molecule has 1 unspecified atom stereocenters. The molecule has 0 radical (unpaired) electrons. The van der Waals surface area contributed by atoms with Crippen LogP contribution in [0.5, 0.6) is 0 Å². The van der Waals surface area contributed by atoms with Gasteiger partial charge in [0.25, 0.3) is 0 Å². The molecule has 1 aromatic heterocycles. The van der Waals surface area contributed by atoms with Crippen LogP contribution in [0.25, 0.3) is 22.7 Å². The van der Waals surface area contributed by atoms with E-state index in [4.69, 9.17) is 4.74 Å². The minimum absolute atomic E-state index is 0.273. The standard InChI is InChI=1S/C14H14N2O2/c1-8-13-10(7-12(15-8)14(17)18-2)9-5-3-4-6-11(9)16-13/h3-7,12,15-16H,1-2H3. The lowest BCUT2D eigenvalue weighted by atomic mass is 10.1. The third kappa shape index (κ3) is 1.49. The molecule has 1 aliphatic rings. The Morgan fingerprint density at radius 2 is 2.11 bits per heavy atom. The Balaban J connectivity index is 2.32. The Morgan fingerprint density at radius 1 is 1.33 bits per heavy atom. The molecule has 3 rings (SSSR count). The number of nitrogens with one attached hydrogen (secondary N) is 2. The van der Waals surface area contributed by atoms with Gasteiger partial charge in [0.05, 0.1) is 12.5 Å². The average Bonchev–Trinajstić information content (AvgIpc) is 2.77. The fourth-order valence-corrected chi connectivity index (χ4v) is 2.40. The maximum atomic E-state index is 11.6. The summed E-state index contributed by atoms with van der Waals surface area (Å²) >= 11 is 0. The summed E-state index contributed by atoms with van der Waals surface area (Å²) < 4.78 is 4.79. The molecule has 0 aliphatic carbocycles. The molecule has 0 bridgehead atoms. The molecule has 0 saturated heterocycles. The van der Waals surface area contributed by atoms with Crippen molar-refractivity contribution in [1.29, 1.82) is 0 Å². The molecule has 0 saturated carbocycles. The van der Waals surface area contributed by atoms with Crippen LogP contribution in [0, 0.1) is 0 Å². The first kappa shape index (κ1) is 10.9. The van der Waals surface area contributed by atoms with Crippen molar-refractivity contribution in [2.75, 3.05) is 7.11 Å². The average molecular weight is 242 g/mol. The molecule has 18 heavy (non-hydrogen) atoms. The number of para-hydroxylation sites is 1. The number of aromatic amines is 1. The normalized spacial score (nSPS) is 17.9. The first-order chi connectivity index (χ1) is 8.70. The number of esters is 1. The second kappa shape index (κ2) is 3.91. The Bertz CT molecular complexity index is 743. The lowest BCUT2D eigenvalue weighted by molar-refractivity contribution is -0.141. The lowest BCUT2D eigenvalue weighted by Gasteiger charge is -2.17. The summed E-state index contributed by atoms with van der Waals surface area (Å²) in [5.74, 6) is -0.273. The van der Waals surface area contributed by atoms with Crippen molar-refractivity contribution < 1.29 is 9.53 Å². The number of fused-ring (bicyclic) bond motifs is 3. The molecule has 4 heteroatoms. The third-order valence-electron chi connectivity index (χ3n) is 3.28. The number of hydrogen-bond acceptors (Lipinski definition) is 3. The number of carbonyl (C=O) groups excluding carboxylic acids is 1. The van der Waals surface area contributed by atoms with Gasteiger partial charge >= 0.3 is 5.97 Å². The van der Waals surface area contributed by atoms with E-state index in [9.17, 15) is 4.79 Å². The number of methoxy groups -OCH3 is 1. The number of carbonyl (C=O) groups is 1. The first-order valence-corrected chi connectivity index (χ1v) is 5.84. The van der Waals surface area contributed by atoms with E-state index >= 15 is 0 Å². The Hall–Kier alpha value is -2.23. The number of rotatable bonds is 1. The van der Waals surface area contributed by atoms with Crippen molar-refractivity contribution in [1.82, 2.24) is 10.3 Å². The SMILES string of the molecule is COC(=O)C1C=c2c([nH]c3ccccc23)=C(C)N1. The van der Waals surface area contributed by atoms with Crippen molar-refractivity contribution in [3.63, 3.8) is 0 Å². The fourth-order valence-electron chi connectivity index (χ4n) is 2.40. The van der Waals surface area contributed by atoms with Gasteiger partial charge in [-0.3, -0.25) is 0 Å². The molecule has 0 amide bonds. The third-order valence-corrected chi connectivity index (χ3v) is 3.28. The van der Waals surface area contributed by atoms with Gasteiger partial charge in [-0.25, -0.2) is 4.79 Å². The van der Waals surface area contributed by atoms with Gasteiger partial charge in [0, 0.05) is 21.8 Å². The van der Waals surface area contributed by atoms with Crippen molar-refractivity contribution >= 4 is 28.6 Å². The van der Waals surface area contributed by atoms with E-state index < -0.39 is 6.04 Å². The highest BCUT2D eigenvalue weighted by Crippen LogP contribution is 2.07. The highest BCUT2D eigenvalue weighted by molar-refractivity contribution is 5.89. The minimum atomic E-state index is -0.415.